The molecule has 0 spiro atoms. The van der Waals surface area contributed by atoms with Gasteiger partial charge in [-0.2, -0.15) is 0 Å². The number of nitrogens with zero attached hydrogens (tertiary/aromatic N) is 1. The van der Waals surface area contributed by atoms with Gasteiger partial charge in [-0.1, -0.05) is 36.4 Å². The minimum Gasteiger partial charge on any atom is -0.495 e. The molecule has 0 aliphatic carbocycles. The monoisotopic (exact) mass is 421 g/mol. The highest BCUT2D eigenvalue weighted by atomic mass is 35.5. The number of rotatable bonds is 6. The molecule has 8 heteroatoms. The number of ether oxygens (including phenoxy) is 2. The van der Waals surface area contributed by atoms with Crippen LogP contribution in [0.1, 0.15) is 22.3 Å². The molecule has 1 aliphatic rings. The number of halogens is 1. The van der Waals surface area contributed by atoms with Gasteiger partial charge in [0.25, 0.3) is 10.0 Å². The van der Waals surface area contributed by atoms with Crippen LogP contribution >= 0.6 is 11.6 Å². The van der Waals surface area contributed by atoms with E-state index in [9.17, 15) is 13.2 Å². The maximum absolute atomic E-state index is 13.4. The molecule has 0 unspecified atom stereocenters. The number of benzene rings is 2. The number of methoxy groups -OCH3 is 1. The molecule has 1 aliphatic heterocycles. The van der Waals surface area contributed by atoms with Crippen molar-refractivity contribution in [1.29, 1.82) is 0 Å². The Morgan fingerprint density at radius 2 is 2.00 bits per heavy atom. The quantitative estimate of drug-likeness (QED) is 0.664. The molecule has 0 N–H and O–H groups in total. The molecular formula is C20H20ClNO5S. The summed E-state index contributed by atoms with van der Waals surface area (Å²) in [5.41, 5.74) is 1.69. The van der Waals surface area contributed by atoms with Crippen LogP contribution in [0.15, 0.2) is 59.0 Å². The minimum absolute atomic E-state index is 0.0857. The van der Waals surface area contributed by atoms with Crippen molar-refractivity contribution in [3.05, 3.63) is 65.2 Å². The first kappa shape index (κ1) is 20.2. The summed E-state index contributed by atoms with van der Waals surface area (Å²) in [4.78, 5) is 12.1. The maximum atomic E-state index is 13.4. The summed E-state index contributed by atoms with van der Waals surface area (Å²) < 4.78 is 38.5. The SMILES string of the molecule is C=C(Cl)COC(=O)c1ccc(OC)c(S(=O)(=O)N2CCCc3ccccc32)c1. The average molecular weight is 422 g/mol. The fourth-order valence-electron chi connectivity index (χ4n) is 3.10. The predicted molar refractivity (Wildman–Crippen MR) is 108 cm³/mol. The third kappa shape index (κ3) is 4.00. The zero-order chi connectivity index (χ0) is 20.3. The number of hydrogen-bond donors (Lipinski definition) is 0. The third-order valence-corrected chi connectivity index (χ3v) is 6.34. The van der Waals surface area contributed by atoms with Crippen LogP contribution in [0.4, 0.5) is 5.69 Å². The number of para-hydroxylation sites is 1. The van der Waals surface area contributed by atoms with Gasteiger partial charge in [-0.05, 0) is 42.7 Å². The van der Waals surface area contributed by atoms with Crippen LogP contribution in [0, 0.1) is 0 Å². The molecule has 148 valence electrons. The molecule has 2 aromatic carbocycles. The van der Waals surface area contributed by atoms with Gasteiger partial charge >= 0.3 is 5.97 Å². The number of hydrogen-bond acceptors (Lipinski definition) is 5. The lowest BCUT2D eigenvalue weighted by atomic mass is 10.0. The van der Waals surface area contributed by atoms with Crippen molar-refractivity contribution in [2.45, 2.75) is 17.7 Å². The first-order valence-electron chi connectivity index (χ1n) is 8.63. The van der Waals surface area contributed by atoms with E-state index >= 15 is 0 Å². The van der Waals surface area contributed by atoms with Gasteiger partial charge in [-0.15, -0.1) is 0 Å². The van der Waals surface area contributed by atoms with E-state index in [1.807, 2.05) is 12.1 Å². The van der Waals surface area contributed by atoms with Crippen molar-refractivity contribution < 1.29 is 22.7 Å². The fourth-order valence-corrected chi connectivity index (χ4v) is 4.88. The largest absolute Gasteiger partial charge is 0.495 e. The highest BCUT2D eigenvalue weighted by molar-refractivity contribution is 7.93. The van der Waals surface area contributed by atoms with Crippen LogP contribution < -0.4 is 9.04 Å². The van der Waals surface area contributed by atoms with E-state index in [4.69, 9.17) is 21.1 Å². The first-order chi connectivity index (χ1) is 13.3. The van der Waals surface area contributed by atoms with Gasteiger partial charge in [0.15, 0.2) is 0 Å². The molecule has 0 saturated carbocycles. The molecular weight excluding hydrogens is 402 g/mol. The molecule has 0 saturated heterocycles. The summed E-state index contributed by atoms with van der Waals surface area (Å²) in [6, 6.07) is 11.5. The molecule has 0 fully saturated rings. The minimum atomic E-state index is -3.95. The highest BCUT2D eigenvalue weighted by Crippen LogP contribution is 2.35. The van der Waals surface area contributed by atoms with E-state index in [0.29, 0.717) is 18.7 Å². The van der Waals surface area contributed by atoms with Gasteiger partial charge < -0.3 is 9.47 Å². The van der Waals surface area contributed by atoms with E-state index in [1.54, 1.807) is 12.1 Å². The summed E-state index contributed by atoms with van der Waals surface area (Å²) in [6.07, 6.45) is 1.52. The number of esters is 1. The van der Waals surface area contributed by atoms with E-state index in [1.165, 1.54) is 29.6 Å². The molecule has 1 heterocycles. The van der Waals surface area contributed by atoms with E-state index in [0.717, 1.165) is 12.0 Å². The molecule has 3 rings (SSSR count). The van der Waals surface area contributed by atoms with Gasteiger partial charge in [0.05, 0.1) is 18.4 Å². The highest BCUT2D eigenvalue weighted by Gasteiger charge is 2.32. The van der Waals surface area contributed by atoms with Gasteiger partial charge in [0, 0.05) is 11.6 Å². The zero-order valence-corrected chi connectivity index (χ0v) is 16.9. The van der Waals surface area contributed by atoms with Crippen LogP contribution in [0.2, 0.25) is 0 Å². The van der Waals surface area contributed by atoms with E-state index < -0.39 is 16.0 Å². The van der Waals surface area contributed by atoms with E-state index in [2.05, 4.69) is 6.58 Å². The second-order valence-corrected chi connectivity index (χ2v) is 8.63. The Morgan fingerprint density at radius 1 is 1.25 bits per heavy atom. The van der Waals surface area contributed by atoms with Crippen LogP contribution in [0.5, 0.6) is 5.75 Å². The molecule has 0 amide bonds. The van der Waals surface area contributed by atoms with Gasteiger partial charge in [0.2, 0.25) is 0 Å². The van der Waals surface area contributed by atoms with Crippen molar-refractivity contribution >= 4 is 33.3 Å². The normalized spacial score (nSPS) is 13.6. The molecule has 0 atom stereocenters. The Labute approximate surface area is 169 Å². The predicted octanol–water partition coefficient (Wildman–Crippen LogP) is 3.75. The number of fused-ring (bicyclic) bond motifs is 1. The lowest BCUT2D eigenvalue weighted by Gasteiger charge is -2.30. The van der Waals surface area contributed by atoms with Crippen molar-refractivity contribution in [1.82, 2.24) is 0 Å². The lowest BCUT2D eigenvalue weighted by molar-refractivity contribution is 0.0546. The number of anilines is 1. The summed E-state index contributed by atoms with van der Waals surface area (Å²) in [5, 5.41) is 0.166. The molecule has 28 heavy (non-hydrogen) atoms. The Kier molecular flexibility index (Phi) is 5.96. The number of aryl methyl sites for hydroxylation is 1. The second kappa shape index (κ2) is 8.24. The molecule has 0 radical (unpaired) electrons. The van der Waals surface area contributed by atoms with Gasteiger partial charge in [-0.3, -0.25) is 4.31 Å². The van der Waals surface area contributed by atoms with Gasteiger partial charge in [0.1, 0.15) is 17.3 Å². The smallest absolute Gasteiger partial charge is 0.338 e. The zero-order valence-electron chi connectivity index (χ0n) is 15.4. The lowest BCUT2D eigenvalue weighted by Crippen LogP contribution is -2.35. The van der Waals surface area contributed by atoms with Crippen LogP contribution in [-0.4, -0.2) is 34.6 Å². The van der Waals surface area contributed by atoms with Crippen LogP contribution in [0.3, 0.4) is 0 Å². The standard InChI is InChI=1S/C20H20ClNO5S/c1-14(21)13-27-20(23)16-9-10-18(26-2)19(12-16)28(24,25)22-11-5-7-15-6-3-4-8-17(15)22/h3-4,6,8-10,12H,1,5,7,11,13H2,2H3. The Morgan fingerprint density at radius 3 is 2.71 bits per heavy atom. The summed E-state index contributed by atoms with van der Waals surface area (Å²) in [6.45, 7) is 3.64. The molecule has 2 aromatic rings. The first-order valence-corrected chi connectivity index (χ1v) is 10.5. The molecule has 0 aromatic heterocycles. The average Bonchev–Trinajstić information content (AvgIpc) is 2.70. The number of carbonyl (C=O) groups is 1. The van der Waals surface area contributed by atoms with Crippen molar-refractivity contribution in [2.75, 3.05) is 24.6 Å². The Balaban J connectivity index is 2.03. The number of sulfonamides is 1. The number of carbonyl (C=O) groups excluding carboxylic acids is 1. The van der Waals surface area contributed by atoms with Crippen LogP contribution in [-0.2, 0) is 21.2 Å². The summed E-state index contributed by atoms with van der Waals surface area (Å²) in [5.74, 6) is -0.540. The summed E-state index contributed by atoms with van der Waals surface area (Å²) in [7, 11) is -2.57. The van der Waals surface area contributed by atoms with Crippen molar-refractivity contribution in [2.24, 2.45) is 0 Å². The van der Waals surface area contributed by atoms with E-state index in [-0.39, 0.29) is 27.8 Å². The Hall–Kier alpha value is -2.51. The fraction of sp³-hybridized carbons (Fsp3) is 0.250. The third-order valence-electron chi connectivity index (χ3n) is 4.39. The maximum Gasteiger partial charge on any atom is 0.338 e. The molecule has 0 bridgehead atoms. The van der Waals surface area contributed by atoms with Crippen molar-refractivity contribution in [3.8, 4) is 5.75 Å². The molecule has 6 nitrogen and oxygen atoms in total. The summed E-state index contributed by atoms with van der Waals surface area (Å²) >= 11 is 5.62. The van der Waals surface area contributed by atoms with Crippen molar-refractivity contribution in [3.63, 3.8) is 0 Å². The topological polar surface area (TPSA) is 72.9 Å². The Bertz CT molecular complexity index is 1020. The van der Waals surface area contributed by atoms with Gasteiger partial charge in [-0.25, -0.2) is 13.2 Å². The van der Waals surface area contributed by atoms with Crippen LogP contribution in [0.25, 0.3) is 0 Å². The second-order valence-electron chi connectivity index (χ2n) is 6.27.